The fourth-order valence-corrected chi connectivity index (χ4v) is 1.77. The largest absolute Gasteiger partial charge is 0.389 e. The maximum Gasteiger partial charge on any atom is 0.0722 e. The SMILES string of the molecule is CC(O)/C1=C\C/C=C\CC/C=C\CCC1. The molecule has 1 atom stereocenters. The van der Waals surface area contributed by atoms with Crippen LogP contribution in [0, 0.1) is 0 Å². The lowest BCUT2D eigenvalue weighted by molar-refractivity contribution is 0.226. The Morgan fingerprint density at radius 2 is 1.73 bits per heavy atom. The first-order valence-corrected chi connectivity index (χ1v) is 5.97. The molecule has 0 aromatic heterocycles. The number of hydrogen-bond donors (Lipinski definition) is 1. The lowest BCUT2D eigenvalue weighted by atomic mass is 10.0. The van der Waals surface area contributed by atoms with E-state index in [0.717, 1.165) is 38.5 Å². The highest BCUT2D eigenvalue weighted by molar-refractivity contribution is 5.09. The molecule has 0 aliphatic heterocycles. The van der Waals surface area contributed by atoms with Gasteiger partial charge in [-0.3, -0.25) is 0 Å². The van der Waals surface area contributed by atoms with Gasteiger partial charge in [-0.25, -0.2) is 0 Å². The third kappa shape index (κ3) is 5.58. The summed E-state index contributed by atoms with van der Waals surface area (Å²) in [6.07, 6.45) is 17.4. The standard InChI is InChI=1S/C14H22O/c1-13(15)14-11-9-7-5-3-2-4-6-8-10-12-14/h3,5-6,8,12-13,15H,2,4,7,9-11H2,1H3/b5-3-,8-6-,14-12-. The number of aliphatic hydroxyl groups excluding tert-OH is 1. The number of aliphatic hydroxyl groups is 1. The van der Waals surface area contributed by atoms with Crippen LogP contribution in [0.15, 0.2) is 36.0 Å². The third-order valence-corrected chi connectivity index (χ3v) is 2.72. The highest BCUT2D eigenvalue weighted by atomic mass is 16.3. The molecular formula is C14H22O. The molecule has 0 fully saturated rings. The average molecular weight is 206 g/mol. The normalized spacial score (nSPS) is 29.1. The van der Waals surface area contributed by atoms with E-state index in [1.54, 1.807) is 0 Å². The van der Waals surface area contributed by atoms with Crippen LogP contribution in [0.4, 0.5) is 0 Å². The fraction of sp³-hybridized carbons (Fsp3) is 0.571. The molecule has 0 amide bonds. The quantitative estimate of drug-likeness (QED) is 0.648. The van der Waals surface area contributed by atoms with E-state index in [0.29, 0.717) is 0 Å². The molecule has 0 bridgehead atoms. The molecule has 15 heavy (non-hydrogen) atoms. The van der Waals surface area contributed by atoms with Gasteiger partial charge in [0.25, 0.3) is 0 Å². The van der Waals surface area contributed by atoms with Gasteiger partial charge in [-0.2, -0.15) is 0 Å². The van der Waals surface area contributed by atoms with E-state index in [2.05, 4.69) is 30.4 Å². The fourth-order valence-electron chi connectivity index (χ4n) is 1.77. The van der Waals surface area contributed by atoms with Gasteiger partial charge in [0.1, 0.15) is 0 Å². The second kappa shape index (κ2) is 7.47. The van der Waals surface area contributed by atoms with E-state index in [9.17, 15) is 5.11 Å². The van der Waals surface area contributed by atoms with E-state index >= 15 is 0 Å². The molecule has 0 aromatic carbocycles. The summed E-state index contributed by atoms with van der Waals surface area (Å²) in [5, 5.41) is 9.57. The molecule has 1 rings (SSSR count). The van der Waals surface area contributed by atoms with E-state index in [1.165, 1.54) is 5.57 Å². The summed E-state index contributed by atoms with van der Waals surface area (Å²) in [5.74, 6) is 0. The van der Waals surface area contributed by atoms with Crippen molar-refractivity contribution in [3.05, 3.63) is 36.0 Å². The minimum atomic E-state index is -0.287. The van der Waals surface area contributed by atoms with Crippen LogP contribution in [-0.2, 0) is 0 Å². The van der Waals surface area contributed by atoms with Crippen molar-refractivity contribution < 1.29 is 5.11 Å². The number of rotatable bonds is 1. The minimum Gasteiger partial charge on any atom is -0.389 e. The Morgan fingerprint density at radius 3 is 2.47 bits per heavy atom. The first kappa shape index (κ1) is 12.3. The Labute approximate surface area is 93.2 Å². The third-order valence-electron chi connectivity index (χ3n) is 2.72. The van der Waals surface area contributed by atoms with Crippen molar-refractivity contribution in [2.75, 3.05) is 0 Å². The monoisotopic (exact) mass is 206 g/mol. The molecule has 1 N–H and O–H groups in total. The number of allylic oxidation sites excluding steroid dienone is 5. The van der Waals surface area contributed by atoms with Crippen molar-refractivity contribution in [1.82, 2.24) is 0 Å². The van der Waals surface area contributed by atoms with Gasteiger partial charge >= 0.3 is 0 Å². The van der Waals surface area contributed by atoms with Gasteiger partial charge in [-0.05, 0) is 51.0 Å². The highest BCUT2D eigenvalue weighted by Gasteiger charge is 2.03. The topological polar surface area (TPSA) is 20.2 Å². The minimum absolute atomic E-state index is 0.287. The average Bonchev–Trinajstić information content (AvgIpc) is 2.18. The van der Waals surface area contributed by atoms with Gasteiger partial charge in [0.2, 0.25) is 0 Å². The molecule has 0 radical (unpaired) electrons. The van der Waals surface area contributed by atoms with Gasteiger partial charge < -0.3 is 5.11 Å². The summed E-state index contributed by atoms with van der Waals surface area (Å²) in [7, 11) is 0. The van der Waals surface area contributed by atoms with Crippen LogP contribution in [0.3, 0.4) is 0 Å². The van der Waals surface area contributed by atoms with Crippen LogP contribution in [0.5, 0.6) is 0 Å². The molecule has 1 nitrogen and oxygen atoms in total. The predicted octanol–water partition coefficient (Wildman–Crippen LogP) is 3.76. The van der Waals surface area contributed by atoms with Gasteiger partial charge in [-0.1, -0.05) is 30.4 Å². The Balaban J connectivity index is 2.55. The van der Waals surface area contributed by atoms with Crippen LogP contribution in [0.25, 0.3) is 0 Å². The van der Waals surface area contributed by atoms with Crippen LogP contribution in [0.1, 0.15) is 45.4 Å². The molecule has 0 spiro atoms. The summed E-state index contributed by atoms with van der Waals surface area (Å²) >= 11 is 0. The Bertz CT molecular complexity index is 246. The maximum atomic E-state index is 9.57. The lowest BCUT2D eigenvalue weighted by Gasteiger charge is -2.09. The van der Waals surface area contributed by atoms with Crippen molar-refractivity contribution in [2.24, 2.45) is 0 Å². The van der Waals surface area contributed by atoms with Gasteiger partial charge in [0, 0.05) is 0 Å². The first-order chi connectivity index (χ1) is 7.30. The summed E-state index contributed by atoms with van der Waals surface area (Å²) < 4.78 is 0. The second-order valence-corrected chi connectivity index (χ2v) is 4.10. The molecule has 1 aliphatic rings. The molecule has 84 valence electrons. The predicted molar refractivity (Wildman–Crippen MR) is 65.7 cm³/mol. The van der Waals surface area contributed by atoms with Gasteiger partial charge in [0.05, 0.1) is 6.10 Å². The maximum absolute atomic E-state index is 9.57. The smallest absolute Gasteiger partial charge is 0.0722 e. The zero-order valence-electron chi connectivity index (χ0n) is 9.65. The van der Waals surface area contributed by atoms with Gasteiger partial charge in [0.15, 0.2) is 0 Å². The first-order valence-electron chi connectivity index (χ1n) is 5.97. The molecular weight excluding hydrogens is 184 g/mol. The zero-order chi connectivity index (χ0) is 10.9. The van der Waals surface area contributed by atoms with Crippen molar-refractivity contribution in [1.29, 1.82) is 0 Å². The van der Waals surface area contributed by atoms with Crippen LogP contribution in [0.2, 0.25) is 0 Å². The zero-order valence-corrected chi connectivity index (χ0v) is 9.65. The molecule has 0 aromatic rings. The molecule has 0 heterocycles. The van der Waals surface area contributed by atoms with Crippen molar-refractivity contribution >= 4 is 0 Å². The lowest BCUT2D eigenvalue weighted by Crippen LogP contribution is -2.04. The van der Waals surface area contributed by atoms with Crippen LogP contribution >= 0.6 is 0 Å². The van der Waals surface area contributed by atoms with Crippen molar-refractivity contribution in [3.63, 3.8) is 0 Å². The Hall–Kier alpha value is -0.820. The molecule has 0 saturated carbocycles. The van der Waals surface area contributed by atoms with E-state index in [-0.39, 0.29) is 6.10 Å². The Kier molecular flexibility index (Phi) is 6.10. The van der Waals surface area contributed by atoms with Crippen LogP contribution < -0.4 is 0 Å². The van der Waals surface area contributed by atoms with E-state index in [4.69, 9.17) is 0 Å². The summed E-state index contributed by atoms with van der Waals surface area (Å²) in [4.78, 5) is 0. The van der Waals surface area contributed by atoms with Crippen molar-refractivity contribution in [3.8, 4) is 0 Å². The van der Waals surface area contributed by atoms with E-state index < -0.39 is 0 Å². The summed E-state index contributed by atoms with van der Waals surface area (Å²) in [5.41, 5.74) is 1.19. The highest BCUT2D eigenvalue weighted by Crippen LogP contribution is 2.14. The van der Waals surface area contributed by atoms with Crippen molar-refractivity contribution in [2.45, 2.75) is 51.6 Å². The van der Waals surface area contributed by atoms with Gasteiger partial charge in [-0.15, -0.1) is 0 Å². The molecule has 1 unspecified atom stereocenters. The van der Waals surface area contributed by atoms with E-state index in [1.807, 2.05) is 6.92 Å². The second-order valence-electron chi connectivity index (χ2n) is 4.10. The summed E-state index contributed by atoms with van der Waals surface area (Å²) in [6.45, 7) is 1.86. The molecule has 0 saturated heterocycles. The number of hydrogen-bond acceptors (Lipinski definition) is 1. The Morgan fingerprint density at radius 1 is 1.07 bits per heavy atom. The summed E-state index contributed by atoms with van der Waals surface area (Å²) in [6, 6.07) is 0. The van der Waals surface area contributed by atoms with Crippen LogP contribution in [-0.4, -0.2) is 11.2 Å². The molecule has 1 aliphatic carbocycles. The molecule has 1 heteroatoms.